The molecular formula is C12H17NO5. The van der Waals surface area contributed by atoms with Crippen LogP contribution in [-0.2, 0) is 4.79 Å². The number of carboxylic acid groups (broad SMARTS) is 1. The normalized spacial score (nSPS) is 11.9. The van der Waals surface area contributed by atoms with Crippen molar-refractivity contribution in [3.05, 3.63) is 17.7 Å². The number of aliphatic carboxylic acids is 1. The number of nitrogens with two attached hydrogens (primary N) is 1. The smallest absolute Gasteiger partial charge is 0.303 e. The lowest BCUT2D eigenvalue weighted by atomic mass is 10.00. The molecule has 1 aromatic carbocycles. The van der Waals surface area contributed by atoms with Gasteiger partial charge in [0.1, 0.15) is 5.75 Å². The van der Waals surface area contributed by atoms with Crippen molar-refractivity contribution in [3.63, 3.8) is 0 Å². The third-order valence-electron chi connectivity index (χ3n) is 2.60. The number of rotatable bonds is 6. The quantitative estimate of drug-likeness (QED) is 0.707. The lowest BCUT2D eigenvalue weighted by molar-refractivity contribution is -0.137. The van der Waals surface area contributed by atoms with Gasteiger partial charge in [-0.3, -0.25) is 4.79 Å². The molecule has 1 atom stereocenters. The maximum absolute atomic E-state index is 10.5. The molecule has 0 saturated carbocycles. The molecule has 0 aromatic heterocycles. The summed E-state index contributed by atoms with van der Waals surface area (Å²) < 4.78 is 10.3. The average Bonchev–Trinajstić information content (AvgIpc) is 2.35. The number of methoxy groups -OCH3 is 2. The highest BCUT2D eigenvalue weighted by molar-refractivity contribution is 5.67. The third-order valence-corrected chi connectivity index (χ3v) is 2.60. The summed E-state index contributed by atoms with van der Waals surface area (Å²) >= 11 is 0. The summed E-state index contributed by atoms with van der Waals surface area (Å²) in [6.45, 7) is 0. The Labute approximate surface area is 105 Å². The molecule has 1 unspecified atom stereocenters. The molecule has 0 aliphatic rings. The molecule has 0 aliphatic carbocycles. The van der Waals surface area contributed by atoms with Gasteiger partial charge >= 0.3 is 5.97 Å². The Bertz CT molecular complexity index is 433. The van der Waals surface area contributed by atoms with Gasteiger partial charge in [-0.2, -0.15) is 0 Å². The topological polar surface area (TPSA) is 102 Å². The van der Waals surface area contributed by atoms with E-state index in [0.717, 1.165) is 0 Å². The van der Waals surface area contributed by atoms with Crippen molar-refractivity contribution in [2.24, 2.45) is 5.73 Å². The average molecular weight is 255 g/mol. The number of hydrogen-bond acceptors (Lipinski definition) is 5. The molecule has 0 aliphatic heterocycles. The minimum absolute atomic E-state index is 0.0365. The van der Waals surface area contributed by atoms with E-state index >= 15 is 0 Å². The highest BCUT2D eigenvalue weighted by Gasteiger charge is 2.21. The van der Waals surface area contributed by atoms with Crippen molar-refractivity contribution in [1.29, 1.82) is 0 Å². The first-order valence-corrected chi connectivity index (χ1v) is 5.42. The van der Waals surface area contributed by atoms with Gasteiger partial charge in [0, 0.05) is 12.5 Å². The summed E-state index contributed by atoms with van der Waals surface area (Å²) in [4.78, 5) is 10.5. The number of ether oxygens (including phenoxy) is 2. The first-order chi connectivity index (χ1) is 8.51. The fourth-order valence-electron chi connectivity index (χ4n) is 1.72. The lowest BCUT2D eigenvalue weighted by Gasteiger charge is -2.18. The molecule has 4 N–H and O–H groups in total. The second-order valence-corrected chi connectivity index (χ2v) is 3.77. The zero-order valence-corrected chi connectivity index (χ0v) is 10.3. The molecular weight excluding hydrogens is 238 g/mol. The maximum atomic E-state index is 10.5. The number of phenolic OH excluding ortho intramolecular Hbond substituents is 1. The minimum Gasteiger partial charge on any atom is -0.507 e. The van der Waals surface area contributed by atoms with E-state index in [2.05, 4.69) is 0 Å². The van der Waals surface area contributed by atoms with E-state index < -0.39 is 12.0 Å². The largest absolute Gasteiger partial charge is 0.507 e. The molecule has 6 nitrogen and oxygen atoms in total. The zero-order valence-electron chi connectivity index (χ0n) is 10.3. The Hall–Kier alpha value is -1.95. The van der Waals surface area contributed by atoms with Crippen molar-refractivity contribution in [2.45, 2.75) is 18.9 Å². The summed E-state index contributed by atoms with van der Waals surface area (Å²) in [6.07, 6.45) is 0.118. The Balaban J connectivity index is 3.08. The van der Waals surface area contributed by atoms with Crippen molar-refractivity contribution >= 4 is 5.97 Å². The van der Waals surface area contributed by atoms with Crippen molar-refractivity contribution in [2.75, 3.05) is 14.2 Å². The van der Waals surface area contributed by atoms with E-state index in [0.29, 0.717) is 17.1 Å². The third kappa shape index (κ3) is 3.04. The van der Waals surface area contributed by atoms with Gasteiger partial charge in [0.2, 0.25) is 0 Å². The van der Waals surface area contributed by atoms with E-state index in [1.54, 1.807) is 6.07 Å². The molecule has 0 saturated heterocycles. The monoisotopic (exact) mass is 255 g/mol. The molecule has 0 spiro atoms. The van der Waals surface area contributed by atoms with E-state index in [4.69, 9.17) is 20.3 Å². The molecule has 0 radical (unpaired) electrons. The van der Waals surface area contributed by atoms with Crippen LogP contribution in [-0.4, -0.2) is 30.4 Å². The summed E-state index contributed by atoms with van der Waals surface area (Å²) in [6, 6.07) is 2.37. The maximum Gasteiger partial charge on any atom is 0.303 e. The van der Waals surface area contributed by atoms with Crippen molar-refractivity contribution in [1.82, 2.24) is 0 Å². The van der Waals surface area contributed by atoms with Crippen LogP contribution in [0, 0.1) is 0 Å². The molecule has 6 heteroatoms. The van der Waals surface area contributed by atoms with Gasteiger partial charge in [0.15, 0.2) is 11.5 Å². The van der Waals surface area contributed by atoms with Crippen LogP contribution in [0.5, 0.6) is 17.2 Å². The molecule has 1 rings (SSSR count). The molecule has 0 fully saturated rings. The van der Waals surface area contributed by atoms with Crippen LogP contribution in [0.1, 0.15) is 24.4 Å². The van der Waals surface area contributed by atoms with Crippen molar-refractivity contribution < 1.29 is 24.5 Å². The van der Waals surface area contributed by atoms with Crippen LogP contribution in [0.4, 0.5) is 0 Å². The van der Waals surface area contributed by atoms with Gasteiger partial charge < -0.3 is 25.4 Å². The van der Waals surface area contributed by atoms with Gasteiger partial charge in [-0.15, -0.1) is 0 Å². The number of phenols is 1. The SMILES string of the molecule is COc1ccc(O)c(C(N)CCC(=O)O)c1OC. The second kappa shape index (κ2) is 6.11. The molecule has 100 valence electrons. The Morgan fingerprint density at radius 2 is 2.06 bits per heavy atom. The van der Waals surface area contributed by atoms with Gasteiger partial charge in [-0.1, -0.05) is 0 Å². The summed E-state index contributed by atoms with van der Waals surface area (Å²) in [5, 5.41) is 18.4. The first kappa shape index (κ1) is 14.1. The molecule has 0 heterocycles. The first-order valence-electron chi connectivity index (χ1n) is 5.42. The van der Waals surface area contributed by atoms with Crippen LogP contribution in [0.25, 0.3) is 0 Å². The second-order valence-electron chi connectivity index (χ2n) is 3.77. The fraction of sp³-hybridized carbons (Fsp3) is 0.417. The zero-order chi connectivity index (χ0) is 13.7. The number of hydrogen-bond donors (Lipinski definition) is 3. The van der Waals surface area contributed by atoms with Gasteiger partial charge in [0.05, 0.1) is 19.8 Å². The highest BCUT2D eigenvalue weighted by Crippen LogP contribution is 2.40. The Kier molecular flexibility index (Phi) is 4.79. The standard InChI is InChI=1S/C12H17NO5/c1-17-9-5-4-8(14)11(12(9)18-2)7(13)3-6-10(15)16/h4-5,7,14H,3,6,13H2,1-2H3,(H,15,16). The van der Waals surface area contributed by atoms with E-state index in [1.807, 2.05) is 0 Å². The van der Waals surface area contributed by atoms with E-state index in [1.165, 1.54) is 20.3 Å². The summed E-state index contributed by atoms with van der Waals surface area (Å²) in [5.74, 6) is -0.205. The molecule has 1 aromatic rings. The Morgan fingerprint density at radius 3 is 2.56 bits per heavy atom. The van der Waals surface area contributed by atoms with Crippen LogP contribution in [0.2, 0.25) is 0 Å². The lowest BCUT2D eigenvalue weighted by Crippen LogP contribution is -2.14. The van der Waals surface area contributed by atoms with Crippen molar-refractivity contribution in [3.8, 4) is 17.2 Å². The predicted molar refractivity (Wildman–Crippen MR) is 65.0 cm³/mol. The van der Waals surface area contributed by atoms with Crippen LogP contribution >= 0.6 is 0 Å². The number of carbonyl (C=O) groups is 1. The van der Waals surface area contributed by atoms with Gasteiger partial charge in [-0.25, -0.2) is 0 Å². The molecule has 0 amide bonds. The van der Waals surface area contributed by atoms with E-state index in [9.17, 15) is 9.90 Å². The van der Waals surface area contributed by atoms with Crippen LogP contribution in [0.15, 0.2) is 12.1 Å². The summed E-state index contributed by atoms with van der Waals surface area (Å²) in [5.41, 5.74) is 6.24. The van der Waals surface area contributed by atoms with Crippen LogP contribution < -0.4 is 15.2 Å². The Morgan fingerprint density at radius 1 is 1.39 bits per heavy atom. The summed E-state index contributed by atoms with van der Waals surface area (Å²) in [7, 11) is 2.91. The molecule has 18 heavy (non-hydrogen) atoms. The van der Waals surface area contributed by atoms with E-state index in [-0.39, 0.29) is 18.6 Å². The number of aromatic hydroxyl groups is 1. The number of benzene rings is 1. The molecule has 0 bridgehead atoms. The minimum atomic E-state index is -0.938. The number of carboxylic acids is 1. The predicted octanol–water partition coefficient (Wildman–Crippen LogP) is 1.27. The van der Waals surface area contributed by atoms with Gasteiger partial charge in [-0.05, 0) is 18.6 Å². The highest BCUT2D eigenvalue weighted by atomic mass is 16.5. The van der Waals surface area contributed by atoms with Crippen LogP contribution in [0.3, 0.4) is 0 Å². The van der Waals surface area contributed by atoms with Gasteiger partial charge in [0.25, 0.3) is 0 Å². The fourth-order valence-corrected chi connectivity index (χ4v) is 1.72.